The lowest BCUT2D eigenvalue weighted by atomic mass is 10.2. The fraction of sp³-hybridized carbons (Fsp3) is 0.286. The number of pyridine rings is 1. The molecular formula is C14H17N5O2S. The zero-order valence-corrected chi connectivity index (χ0v) is 12.9. The molecule has 0 saturated carbocycles. The van der Waals surface area contributed by atoms with Crippen LogP contribution in [0.5, 0.6) is 0 Å². The maximum Gasteiger partial charge on any atom is 0.252 e. The van der Waals surface area contributed by atoms with E-state index < -0.39 is 0 Å². The third-order valence-corrected chi connectivity index (χ3v) is 3.53. The van der Waals surface area contributed by atoms with E-state index in [9.17, 15) is 9.59 Å². The molecule has 0 aliphatic carbocycles. The minimum absolute atomic E-state index is 0.159. The van der Waals surface area contributed by atoms with E-state index >= 15 is 0 Å². The Hall–Kier alpha value is -2.32. The first-order chi connectivity index (χ1) is 10.7. The molecule has 0 fully saturated rings. The van der Waals surface area contributed by atoms with E-state index in [4.69, 9.17) is 0 Å². The number of hydrogen-bond acceptors (Lipinski definition) is 6. The third-order valence-electron chi connectivity index (χ3n) is 2.84. The van der Waals surface area contributed by atoms with Crippen LogP contribution in [0.15, 0.2) is 36.1 Å². The second kappa shape index (κ2) is 8.20. The van der Waals surface area contributed by atoms with Crippen molar-refractivity contribution >= 4 is 28.3 Å². The van der Waals surface area contributed by atoms with Gasteiger partial charge in [-0.15, -0.1) is 11.3 Å². The molecule has 0 radical (unpaired) electrons. The average Bonchev–Trinajstić information content (AvgIpc) is 3.04. The predicted octanol–water partition coefficient (Wildman–Crippen LogP) is 0.885. The summed E-state index contributed by atoms with van der Waals surface area (Å²) in [5.74, 6) is -0.344. The van der Waals surface area contributed by atoms with Crippen LogP contribution in [0.3, 0.4) is 0 Å². The first-order valence-electron chi connectivity index (χ1n) is 6.79. The molecule has 0 aromatic carbocycles. The minimum Gasteiger partial charge on any atom is -0.351 e. The van der Waals surface area contributed by atoms with E-state index in [-0.39, 0.29) is 17.9 Å². The summed E-state index contributed by atoms with van der Waals surface area (Å²) in [4.78, 5) is 31.5. The number of anilines is 1. The molecule has 0 bridgehead atoms. The Labute approximate surface area is 132 Å². The van der Waals surface area contributed by atoms with Crippen LogP contribution >= 0.6 is 11.3 Å². The number of carbonyl (C=O) groups excluding carboxylic acids is 2. The molecule has 2 amide bonds. The summed E-state index contributed by atoms with van der Waals surface area (Å²) in [5, 5.41) is 10.9. The zero-order chi connectivity index (χ0) is 15.8. The minimum atomic E-state index is -0.376. The lowest BCUT2D eigenvalue weighted by molar-refractivity contribution is -0.117. The molecule has 0 aliphatic rings. The van der Waals surface area contributed by atoms with Crippen molar-refractivity contribution in [1.29, 1.82) is 0 Å². The van der Waals surface area contributed by atoms with E-state index in [2.05, 4.69) is 25.9 Å². The summed E-state index contributed by atoms with van der Waals surface area (Å²) < 4.78 is 0. The molecule has 0 spiro atoms. The van der Waals surface area contributed by atoms with Crippen molar-refractivity contribution in [1.82, 2.24) is 20.6 Å². The number of nitrogens with zero attached hydrogens (tertiary/aromatic N) is 2. The van der Waals surface area contributed by atoms with Crippen molar-refractivity contribution < 1.29 is 9.59 Å². The van der Waals surface area contributed by atoms with Crippen LogP contribution in [-0.4, -0.2) is 40.9 Å². The Morgan fingerprint density at radius 2 is 2.18 bits per heavy atom. The smallest absolute Gasteiger partial charge is 0.252 e. The van der Waals surface area contributed by atoms with Gasteiger partial charge in [-0.25, -0.2) is 4.98 Å². The Morgan fingerprint density at radius 3 is 2.86 bits per heavy atom. The summed E-state index contributed by atoms with van der Waals surface area (Å²) in [5.41, 5.74) is 0.511. The van der Waals surface area contributed by atoms with Gasteiger partial charge in [-0.3, -0.25) is 14.6 Å². The van der Waals surface area contributed by atoms with Gasteiger partial charge >= 0.3 is 0 Å². The summed E-state index contributed by atoms with van der Waals surface area (Å²) in [6.45, 7) is 2.66. The molecule has 1 unspecified atom stereocenters. The Morgan fingerprint density at radius 1 is 1.32 bits per heavy atom. The highest BCUT2D eigenvalue weighted by molar-refractivity contribution is 7.13. The Bertz CT molecular complexity index is 603. The van der Waals surface area contributed by atoms with Gasteiger partial charge in [0.2, 0.25) is 5.91 Å². The third kappa shape index (κ3) is 4.90. The van der Waals surface area contributed by atoms with Crippen LogP contribution in [0.2, 0.25) is 0 Å². The van der Waals surface area contributed by atoms with Gasteiger partial charge in [-0.1, -0.05) is 0 Å². The molecule has 2 aromatic rings. The number of thiazole rings is 1. The van der Waals surface area contributed by atoms with Crippen molar-refractivity contribution in [3.05, 3.63) is 41.7 Å². The maximum atomic E-state index is 11.9. The molecule has 1 atom stereocenters. The highest BCUT2D eigenvalue weighted by Crippen LogP contribution is 2.10. The summed E-state index contributed by atoms with van der Waals surface area (Å²) in [7, 11) is 0. The van der Waals surface area contributed by atoms with Crippen molar-refractivity contribution in [2.24, 2.45) is 0 Å². The summed E-state index contributed by atoms with van der Waals surface area (Å²) in [6.07, 6.45) is 4.75. The van der Waals surface area contributed by atoms with Crippen LogP contribution in [0.25, 0.3) is 0 Å². The number of amides is 2. The zero-order valence-electron chi connectivity index (χ0n) is 12.1. The van der Waals surface area contributed by atoms with Gasteiger partial charge < -0.3 is 16.0 Å². The second-order valence-corrected chi connectivity index (χ2v) is 5.39. The van der Waals surface area contributed by atoms with E-state index in [1.165, 1.54) is 17.5 Å². The van der Waals surface area contributed by atoms with Crippen LogP contribution in [0.4, 0.5) is 5.13 Å². The highest BCUT2D eigenvalue weighted by Gasteiger charge is 2.13. The van der Waals surface area contributed by atoms with Gasteiger partial charge in [-0.2, -0.15) is 0 Å². The molecule has 22 heavy (non-hydrogen) atoms. The molecule has 116 valence electrons. The molecule has 8 heteroatoms. The molecule has 2 heterocycles. The first-order valence-corrected chi connectivity index (χ1v) is 7.67. The van der Waals surface area contributed by atoms with Crippen LogP contribution in [0, 0.1) is 0 Å². The van der Waals surface area contributed by atoms with Crippen LogP contribution < -0.4 is 16.0 Å². The Kier molecular flexibility index (Phi) is 5.99. The SMILES string of the molecule is CC(NCCNC(=O)c1cccnc1)C(=O)Nc1nccs1. The number of hydrogen-bond donors (Lipinski definition) is 3. The lowest BCUT2D eigenvalue weighted by Crippen LogP contribution is -2.42. The van der Waals surface area contributed by atoms with Gasteiger partial charge in [0.1, 0.15) is 0 Å². The van der Waals surface area contributed by atoms with Gasteiger partial charge in [0, 0.05) is 37.1 Å². The van der Waals surface area contributed by atoms with E-state index in [0.29, 0.717) is 23.8 Å². The van der Waals surface area contributed by atoms with Crippen LogP contribution in [-0.2, 0) is 4.79 Å². The quantitative estimate of drug-likeness (QED) is 0.659. The van der Waals surface area contributed by atoms with Crippen molar-refractivity contribution in [3.63, 3.8) is 0 Å². The van der Waals surface area contributed by atoms with E-state index in [1.54, 1.807) is 36.8 Å². The van der Waals surface area contributed by atoms with Gasteiger partial charge in [0.25, 0.3) is 5.91 Å². The predicted molar refractivity (Wildman–Crippen MR) is 84.8 cm³/mol. The lowest BCUT2D eigenvalue weighted by Gasteiger charge is -2.13. The van der Waals surface area contributed by atoms with Crippen molar-refractivity contribution in [2.75, 3.05) is 18.4 Å². The average molecular weight is 319 g/mol. The molecule has 0 saturated heterocycles. The fourth-order valence-electron chi connectivity index (χ4n) is 1.66. The monoisotopic (exact) mass is 319 g/mol. The normalized spacial score (nSPS) is 11.7. The molecular weight excluding hydrogens is 302 g/mol. The van der Waals surface area contributed by atoms with Crippen molar-refractivity contribution in [3.8, 4) is 0 Å². The Balaban J connectivity index is 1.65. The first kappa shape index (κ1) is 16.1. The molecule has 7 nitrogen and oxygen atoms in total. The largest absolute Gasteiger partial charge is 0.351 e. The summed E-state index contributed by atoms with van der Waals surface area (Å²) in [6, 6.07) is 3.03. The maximum absolute atomic E-state index is 11.9. The molecule has 0 aliphatic heterocycles. The molecule has 3 N–H and O–H groups in total. The van der Waals surface area contributed by atoms with E-state index in [1.807, 2.05) is 0 Å². The van der Waals surface area contributed by atoms with Crippen LogP contribution in [0.1, 0.15) is 17.3 Å². The van der Waals surface area contributed by atoms with E-state index in [0.717, 1.165) is 0 Å². The molecule has 2 rings (SSSR count). The number of carbonyl (C=O) groups is 2. The number of nitrogens with one attached hydrogen (secondary N) is 3. The topological polar surface area (TPSA) is 96.0 Å². The van der Waals surface area contributed by atoms with Crippen molar-refractivity contribution in [2.45, 2.75) is 13.0 Å². The number of aromatic nitrogens is 2. The van der Waals surface area contributed by atoms with Gasteiger partial charge in [-0.05, 0) is 19.1 Å². The number of rotatable bonds is 7. The second-order valence-electron chi connectivity index (χ2n) is 4.50. The molecule has 2 aromatic heterocycles. The van der Waals surface area contributed by atoms with Gasteiger partial charge in [0.15, 0.2) is 5.13 Å². The van der Waals surface area contributed by atoms with Gasteiger partial charge in [0.05, 0.1) is 11.6 Å². The highest BCUT2D eigenvalue weighted by atomic mass is 32.1. The standard InChI is InChI=1S/C14H17N5O2S/c1-10(12(20)19-14-18-7-8-22-14)16-5-6-17-13(21)11-3-2-4-15-9-11/h2-4,7-10,16H,5-6H2,1H3,(H,17,21)(H,18,19,20). The summed E-state index contributed by atoms with van der Waals surface area (Å²) >= 11 is 1.36. The fourth-order valence-corrected chi connectivity index (χ4v) is 2.19.